The normalized spacial score (nSPS) is 11.8. The third-order valence-corrected chi connectivity index (χ3v) is 3.00. The molecule has 0 bridgehead atoms. The minimum atomic E-state index is -1.02. The largest absolute Gasteiger partial charge is 0.471 e. The van der Waals surface area contributed by atoms with Crippen molar-refractivity contribution in [3.05, 3.63) is 32.5 Å². The number of hydrogen-bond acceptors (Lipinski definition) is 5. The van der Waals surface area contributed by atoms with Gasteiger partial charge in [0.15, 0.2) is 6.10 Å². The van der Waals surface area contributed by atoms with Crippen LogP contribution in [-0.4, -0.2) is 23.6 Å². The molecule has 0 saturated carbocycles. The second-order valence-electron chi connectivity index (χ2n) is 3.76. The van der Waals surface area contributed by atoms with Crippen molar-refractivity contribution < 1.29 is 23.6 Å². The average molecular weight is 350 g/mol. The van der Waals surface area contributed by atoms with E-state index in [0.717, 1.165) is 12.1 Å². The number of esters is 1. The molecular formula is C12H13BrFNO5. The molecule has 0 radical (unpaired) electrons. The van der Waals surface area contributed by atoms with Crippen molar-refractivity contribution in [2.75, 3.05) is 6.61 Å². The SMILES string of the molecule is CCOC(=O)C(CC)Oc1cc(F)c(Br)cc1[N+](=O)[O-]. The summed E-state index contributed by atoms with van der Waals surface area (Å²) in [5, 5.41) is 10.9. The van der Waals surface area contributed by atoms with E-state index in [1.54, 1.807) is 13.8 Å². The third kappa shape index (κ3) is 3.89. The van der Waals surface area contributed by atoms with E-state index >= 15 is 0 Å². The van der Waals surface area contributed by atoms with Gasteiger partial charge in [0.1, 0.15) is 5.82 Å². The van der Waals surface area contributed by atoms with E-state index in [9.17, 15) is 19.3 Å². The van der Waals surface area contributed by atoms with Crippen LogP contribution in [0.2, 0.25) is 0 Å². The van der Waals surface area contributed by atoms with Gasteiger partial charge in [-0.2, -0.15) is 0 Å². The molecule has 0 aromatic heterocycles. The number of carbonyl (C=O) groups excluding carboxylic acids is 1. The van der Waals surface area contributed by atoms with Crippen LogP contribution in [-0.2, 0) is 9.53 Å². The fourth-order valence-electron chi connectivity index (χ4n) is 1.44. The van der Waals surface area contributed by atoms with E-state index in [2.05, 4.69) is 15.9 Å². The van der Waals surface area contributed by atoms with E-state index in [1.807, 2.05) is 0 Å². The van der Waals surface area contributed by atoms with Crippen LogP contribution in [0.1, 0.15) is 20.3 Å². The van der Waals surface area contributed by atoms with Crippen molar-refractivity contribution in [2.45, 2.75) is 26.4 Å². The summed E-state index contributed by atoms with van der Waals surface area (Å²) in [6.07, 6.45) is -0.776. The Hall–Kier alpha value is -1.70. The molecule has 0 fully saturated rings. The van der Waals surface area contributed by atoms with Crippen LogP contribution < -0.4 is 4.74 Å². The molecule has 20 heavy (non-hydrogen) atoms. The minimum Gasteiger partial charge on any atom is -0.471 e. The number of halogens is 2. The van der Waals surface area contributed by atoms with E-state index in [1.165, 1.54) is 0 Å². The van der Waals surface area contributed by atoms with Crippen molar-refractivity contribution in [2.24, 2.45) is 0 Å². The molecule has 110 valence electrons. The van der Waals surface area contributed by atoms with E-state index in [-0.39, 0.29) is 23.2 Å². The molecule has 0 heterocycles. The Morgan fingerprint density at radius 2 is 2.15 bits per heavy atom. The van der Waals surface area contributed by atoms with Crippen LogP contribution >= 0.6 is 15.9 Å². The molecule has 1 atom stereocenters. The summed E-state index contributed by atoms with van der Waals surface area (Å²) in [7, 11) is 0. The lowest BCUT2D eigenvalue weighted by molar-refractivity contribution is -0.386. The summed E-state index contributed by atoms with van der Waals surface area (Å²) < 4.78 is 23.4. The van der Waals surface area contributed by atoms with Gasteiger partial charge in [-0.25, -0.2) is 9.18 Å². The van der Waals surface area contributed by atoms with Crippen molar-refractivity contribution in [3.8, 4) is 5.75 Å². The molecule has 0 aliphatic heterocycles. The summed E-state index contributed by atoms with van der Waals surface area (Å²) in [5.74, 6) is -1.67. The first kappa shape index (κ1) is 16.4. The van der Waals surface area contributed by atoms with Gasteiger partial charge in [0.05, 0.1) is 16.0 Å². The van der Waals surface area contributed by atoms with Crippen molar-refractivity contribution in [1.29, 1.82) is 0 Å². The van der Waals surface area contributed by atoms with Crippen molar-refractivity contribution in [1.82, 2.24) is 0 Å². The lowest BCUT2D eigenvalue weighted by Crippen LogP contribution is -2.29. The number of benzene rings is 1. The lowest BCUT2D eigenvalue weighted by Gasteiger charge is -2.16. The lowest BCUT2D eigenvalue weighted by atomic mass is 10.2. The Labute approximate surface area is 123 Å². The van der Waals surface area contributed by atoms with Crippen LogP contribution in [0.3, 0.4) is 0 Å². The molecule has 8 heteroatoms. The maximum Gasteiger partial charge on any atom is 0.347 e. The summed E-state index contributed by atoms with van der Waals surface area (Å²) in [4.78, 5) is 21.8. The molecule has 0 amide bonds. The number of nitrogens with zero attached hydrogens (tertiary/aromatic N) is 1. The van der Waals surface area contributed by atoms with E-state index in [0.29, 0.717) is 0 Å². The Morgan fingerprint density at radius 3 is 2.65 bits per heavy atom. The maximum absolute atomic E-state index is 13.5. The van der Waals surface area contributed by atoms with Gasteiger partial charge in [-0.05, 0) is 29.3 Å². The standard InChI is InChI=1S/C12H13BrFNO5/c1-3-10(12(16)19-4-2)20-11-6-8(14)7(13)5-9(11)15(17)18/h5-6,10H,3-4H2,1-2H3. The number of nitro benzene ring substituents is 1. The Balaban J connectivity index is 3.09. The quantitative estimate of drug-likeness (QED) is 0.447. The highest BCUT2D eigenvalue weighted by molar-refractivity contribution is 9.10. The molecule has 6 nitrogen and oxygen atoms in total. The Kier molecular flexibility index (Phi) is 5.87. The molecule has 1 aromatic carbocycles. The van der Waals surface area contributed by atoms with E-state index < -0.39 is 28.5 Å². The molecule has 0 saturated heterocycles. The van der Waals surface area contributed by atoms with Gasteiger partial charge < -0.3 is 9.47 Å². The van der Waals surface area contributed by atoms with Gasteiger partial charge in [-0.3, -0.25) is 10.1 Å². The van der Waals surface area contributed by atoms with Crippen molar-refractivity contribution >= 4 is 27.6 Å². The highest BCUT2D eigenvalue weighted by atomic mass is 79.9. The highest BCUT2D eigenvalue weighted by Gasteiger charge is 2.25. The van der Waals surface area contributed by atoms with Gasteiger partial charge in [0.2, 0.25) is 5.75 Å². The third-order valence-electron chi connectivity index (χ3n) is 2.39. The zero-order chi connectivity index (χ0) is 15.3. The summed E-state index contributed by atoms with van der Waals surface area (Å²) >= 11 is 2.86. The van der Waals surface area contributed by atoms with Gasteiger partial charge in [0.25, 0.3) is 0 Å². The summed E-state index contributed by atoms with van der Waals surface area (Å²) in [6.45, 7) is 3.45. The van der Waals surface area contributed by atoms with Crippen LogP contribution in [0.5, 0.6) is 5.75 Å². The van der Waals surface area contributed by atoms with Crippen LogP contribution in [0.25, 0.3) is 0 Å². The molecule has 1 aromatic rings. The van der Waals surface area contributed by atoms with Crippen LogP contribution in [0.4, 0.5) is 10.1 Å². The molecule has 0 aliphatic carbocycles. The number of hydrogen-bond donors (Lipinski definition) is 0. The Morgan fingerprint density at radius 1 is 1.50 bits per heavy atom. The summed E-state index contributed by atoms with van der Waals surface area (Å²) in [5.41, 5.74) is -0.430. The summed E-state index contributed by atoms with van der Waals surface area (Å²) in [6, 6.07) is 1.85. The van der Waals surface area contributed by atoms with E-state index in [4.69, 9.17) is 9.47 Å². The van der Waals surface area contributed by atoms with Crippen molar-refractivity contribution in [3.63, 3.8) is 0 Å². The minimum absolute atomic E-state index is 0.0549. The van der Waals surface area contributed by atoms with Gasteiger partial charge in [-0.1, -0.05) is 6.92 Å². The smallest absolute Gasteiger partial charge is 0.347 e. The molecular weight excluding hydrogens is 337 g/mol. The van der Waals surface area contributed by atoms with Gasteiger partial charge in [0, 0.05) is 12.1 Å². The molecule has 1 rings (SSSR count). The maximum atomic E-state index is 13.5. The fraction of sp³-hybridized carbons (Fsp3) is 0.417. The molecule has 1 unspecified atom stereocenters. The van der Waals surface area contributed by atoms with Crippen LogP contribution in [0, 0.1) is 15.9 Å². The molecule has 0 N–H and O–H groups in total. The van der Waals surface area contributed by atoms with Crippen LogP contribution in [0.15, 0.2) is 16.6 Å². The van der Waals surface area contributed by atoms with Gasteiger partial charge in [-0.15, -0.1) is 0 Å². The topological polar surface area (TPSA) is 78.7 Å². The first-order valence-electron chi connectivity index (χ1n) is 5.87. The second-order valence-corrected chi connectivity index (χ2v) is 4.61. The molecule has 0 aliphatic rings. The number of ether oxygens (including phenoxy) is 2. The number of nitro groups is 1. The number of carbonyl (C=O) groups is 1. The first-order valence-corrected chi connectivity index (χ1v) is 6.66. The van der Waals surface area contributed by atoms with Gasteiger partial charge >= 0.3 is 11.7 Å². The second kappa shape index (κ2) is 7.18. The first-order chi connectivity index (χ1) is 9.40. The Bertz CT molecular complexity index is 523. The zero-order valence-corrected chi connectivity index (χ0v) is 12.5. The zero-order valence-electron chi connectivity index (χ0n) is 10.9. The predicted octanol–water partition coefficient (Wildman–Crippen LogP) is 3.22. The number of rotatable bonds is 6. The fourth-order valence-corrected chi connectivity index (χ4v) is 1.77. The monoisotopic (exact) mass is 349 g/mol. The predicted molar refractivity (Wildman–Crippen MR) is 72.1 cm³/mol. The average Bonchev–Trinajstić information content (AvgIpc) is 2.39. The molecule has 0 spiro atoms. The highest BCUT2D eigenvalue weighted by Crippen LogP contribution is 2.33.